The van der Waals surface area contributed by atoms with Gasteiger partial charge in [0.1, 0.15) is 0 Å². The highest BCUT2D eigenvalue weighted by molar-refractivity contribution is 5.97. The molecule has 1 heterocycles. The minimum atomic E-state index is -0.255. The van der Waals surface area contributed by atoms with Crippen molar-refractivity contribution in [3.05, 3.63) is 84.2 Å². The highest BCUT2D eigenvalue weighted by atomic mass is 16.2. The van der Waals surface area contributed by atoms with Crippen LogP contribution >= 0.6 is 0 Å². The molecular formula is C18H17N3O. The number of allylic oxidation sites excluding steroid dienone is 3. The van der Waals surface area contributed by atoms with Crippen LogP contribution in [-0.2, 0) is 0 Å². The number of hydrogen-bond donors (Lipinski definition) is 1. The number of carbonyl (C=O) groups excluding carboxylic acids is 1. The molecule has 2 rings (SSSR count). The second-order valence-corrected chi connectivity index (χ2v) is 4.56. The van der Waals surface area contributed by atoms with E-state index in [1.165, 1.54) is 0 Å². The fourth-order valence-corrected chi connectivity index (χ4v) is 1.67. The van der Waals surface area contributed by atoms with Crippen LogP contribution in [0, 0.1) is 0 Å². The average molecular weight is 291 g/mol. The molecule has 110 valence electrons. The molecule has 0 fully saturated rings. The third-order valence-electron chi connectivity index (χ3n) is 2.81. The minimum Gasteiger partial charge on any atom is -0.267 e. The number of rotatable bonds is 5. The maximum Gasteiger partial charge on any atom is 0.271 e. The predicted octanol–water partition coefficient (Wildman–Crippen LogP) is 3.46. The molecule has 2 aromatic rings. The zero-order valence-electron chi connectivity index (χ0n) is 12.3. The molecular weight excluding hydrogens is 274 g/mol. The van der Waals surface area contributed by atoms with Crippen molar-refractivity contribution in [3.8, 4) is 0 Å². The van der Waals surface area contributed by atoms with Gasteiger partial charge < -0.3 is 0 Å². The molecule has 22 heavy (non-hydrogen) atoms. The summed E-state index contributed by atoms with van der Waals surface area (Å²) < 4.78 is 0. The molecule has 0 saturated carbocycles. The number of pyridine rings is 1. The van der Waals surface area contributed by atoms with Gasteiger partial charge in [-0.1, -0.05) is 48.6 Å². The summed E-state index contributed by atoms with van der Waals surface area (Å²) in [5, 5.41) is 4.02. The third kappa shape index (κ3) is 5.17. The second-order valence-electron chi connectivity index (χ2n) is 4.56. The molecule has 1 amide bonds. The van der Waals surface area contributed by atoms with Crippen LogP contribution < -0.4 is 5.43 Å². The van der Waals surface area contributed by atoms with Crippen LogP contribution in [0.1, 0.15) is 22.8 Å². The fourth-order valence-electron chi connectivity index (χ4n) is 1.67. The third-order valence-corrected chi connectivity index (χ3v) is 2.81. The molecule has 0 aliphatic carbocycles. The van der Waals surface area contributed by atoms with Gasteiger partial charge in [-0.2, -0.15) is 5.10 Å². The Morgan fingerprint density at radius 2 is 1.82 bits per heavy atom. The van der Waals surface area contributed by atoms with E-state index in [4.69, 9.17) is 0 Å². The van der Waals surface area contributed by atoms with Crippen LogP contribution in [0.25, 0.3) is 6.08 Å². The number of aromatic nitrogens is 1. The average Bonchev–Trinajstić information content (AvgIpc) is 2.58. The first-order valence-electron chi connectivity index (χ1n) is 6.90. The number of hydrogen-bond acceptors (Lipinski definition) is 3. The Morgan fingerprint density at radius 1 is 1.09 bits per heavy atom. The summed E-state index contributed by atoms with van der Waals surface area (Å²) in [5.74, 6) is -0.255. The van der Waals surface area contributed by atoms with Gasteiger partial charge in [-0.05, 0) is 30.7 Å². The van der Waals surface area contributed by atoms with Gasteiger partial charge in [0.05, 0.1) is 5.71 Å². The van der Waals surface area contributed by atoms with E-state index in [0.717, 1.165) is 5.56 Å². The van der Waals surface area contributed by atoms with Crippen molar-refractivity contribution in [2.45, 2.75) is 6.92 Å². The Hall–Kier alpha value is -3.01. The lowest BCUT2D eigenvalue weighted by atomic mass is 10.2. The SMILES string of the molecule is CC(/C=C/C=C/c1ccccc1)=NNC(=O)c1ccncc1. The van der Waals surface area contributed by atoms with E-state index in [2.05, 4.69) is 15.5 Å². The van der Waals surface area contributed by atoms with Crippen LogP contribution in [-0.4, -0.2) is 16.6 Å². The highest BCUT2D eigenvalue weighted by Gasteiger charge is 2.01. The van der Waals surface area contributed by atoms with Gasteiger partial charge in [-0.3, -0.25) is 9.78 Å². The van der Waals surface area contributed by atoms with Gasteiger partial charge in [0.2, 0.25) is 0 Å². The van der Waals surface area contributed by atoms with Crippen molar-refractivity contribution >= 4 is 17.7 Å². The Labute approximate surface area is 129 Å². The lowest BCUT2D eigenvalue weighted by Crippen LogP contribution is -2.18. The van der Waals surface area contributed by atoms with Crippen LogP contribution in [0.5, 0.6) is 0 Å². The molecule has 1 N–H and O–H groups in total. The predicted molar refractivity (Wildman–Crippen MR) is 89.4 cm³/mol. The molecule has 0 spiro atoms. The smallest absolute Gasteiger partial charge is 0.267 e. The second kappa shape index (κ2) is 8.32. The Morgan fingerprint density at radius 3 is 2.55 bits per heavy atom. The van der Waals surface area contributed by atoms with Crippen molar-refractivity contribution in [1.29, 1.82) is 0 Å². The van der Waals surface area contributed by atoms with Gasteiger partial charge in [0.15, 0.2) is 0 Å². The summed E-state index contributed by atoms with van der Waals surface area (Å²) in [6.45, 7) is 1.82. The normalized spacial score (nSPS) is 12.0. The quantitative estimate of drug-likeness (QED) is 0.521. The molecule has 0 bridgehead atoms. The summed E-state index contributed by atoms with van der Waals surface area (Å²) in [6.07, 6.45) is 10.8. The molecule has 0 radical (unpaired) electrons. The van der Waals surface area contributed by atoms with Crippen molar-refractivity contribution in [1.82, 2.24) is 10.4 Å². The summed E-state index contributed by atoms with van der Waals surface area (Å²) in [5.41, 5.74) is 4.87. The van der Waals surface area contributed by atoms with E-state index in [1.54, 1.807) is 24.5 Å². The van der Waals surface area contributed by atoms with Gasteiger partial charge >= 0.3 is 0 Å². The van der Waals surface area contributed by atoms with Crippen molar-refractivity contribution in [3.63, 3.8) is 0 Å². The Bertz CT molecular complexity index is 689. The number of nitrogens with one attached hydrogen (secondary N) is 1. The van der Waals surface area contributed by atoms with Crippen molar-refractivity contribution < 1.29 is 4.79 Å². The number of hydrazone groups is 1. The fraction of sp³-hybridized carbons (Fsp3) is 0.0556. The van der Waals surface area contributed by atoms with E-state index < -0.39 is 0 Å². The molecule has 0 saturated heterocycles. The molecule has 1 aromatic heterocycles. The monoisotopic (exact) mass is 291 g/mol. The largest absolute Gasteiger partial charge is 0.271 e. The first-order valence-corrected chi connectivity index (χ1v) is 6.90. The lowest BCUT2D eigenvalue weighted by molar-refractivity contribution is 0.0954. The molecule has 0 atom stereocenters. The van der Waals surface area contributed by atoms with Crippen LogP contribution in [0.2, 0.25) is 0 Å². The number of carbonyl (C=O) groups is 1. The number of benzene rings is 1. The number of nitrogens with zero attached hydrogens (tertiary/aromatic N) is 2. The molecule has 0 aliphatic rings. The Kier molecular flexibility index (Phi) is 5.81. The van der Waals surface area contributed by atoms with Gasteiger partial charge in [-0.15, -0.1) is 0 Å². The van der Waals surface area contributed by atoms with E-state index in [-0.39, 0.29) is 5.91 Å². The van der Waals surface area contributed by atoms with Gasteiger partial charge in [0, 0.05) is 18.0 Å². The first kappa shape index (κ1) is 15.4. The standard InChI is InChI=1S/C18H17N3O/c1-15(7-5-6-10-16-8-3-2-4-9-16)20-21-18(22)17-11-13-19-14-12-17/h2-14H,1H3,(H,21,22)/b7-5+,10-6+,20-15?. The maximum atomic E-state index is 11.8. The van der Waals surface area contributed by atoms with Crippen molar-refractivity contribution in [2.24, 2.45) is 5.10 Å². The summed E-state index contributed by atoms with van der Waals surface area (Å²) >= 11 is 0. The summed E-state index contributed by atoms with van der Waals surface area (Å²) in [7, 11) is 0. The van der Waals surface area contributed by atoms with E-state index in [0.29, 0.717) is 11.3 Å². The zero-order valence-corrected chi connectivity index (χ0v) is 12.3. The molecule has 0 unspecified atom stereocenters. The van der Waals surface area contributed by atoms with Gasteiger partial charge in [0.25, 0.3) is 5.91 Å². The summed E-state index contributed by atoms with van der Waals surface area (Å²) in [4.78, 5) is 15.6. The minimum absolute atomic E-state index is 0.255. The van der Waals surface area contributed by atoms with Crippen molar-refractivity contribution in [2.75, 3.05) is 0 Å². The molecule has 4 heteroatoms. The molecule has 0 aliphatic heterocycles. The molecule has 4 nitrogen and oxygen atoms in total. The van der Waals surface area contributed by atoms with Gasteiger partial charge in [-0.25, -0.2) is 5.43 Å². The molecule has 1 aromatic carbocycles. The van der Waals surface area contributed by atoms with E-state index >= 15 is 0 Å². The Balaban J connectivity index is 1.86. The highest BCUT2D eigenvalue weighted by Crippen LogP contribution is 2.01. The van der Waals surface area contributed by atoms with Crippen LogP contribution in [0.4, 0.5) is 0 Å². The number of amides is 1. The van der Waals surface area contributed by atoms with Crippen LogP contribution in [0.15, 0.2) is 78.2 Å². The zero-order chi connectivity index (χ0) is 15.6. The lowest BCUT2D eigenvalue weighted by Gasteiger charge is -1.99. The first-order chi connectivity index (χ1) is 10.8. The van der Waals surface area contributed by atoms with E-state index in [9.17, 15) is 4.79 Å². The summed E-state index contributed by atoms with van der Waals surface area (Å²) in [6, 6.07) is 13.3. The topological polar surface area (TPSA) is 54.4 Å². The maximum absolute atomic E-state index is 11.8. The van der Waals surface area contributed by atoms with E-state index in [1.807, 2.05) is 61.6 Å². The van der Waals surface area contributed by atoms with Crippen LogP contribution in [0.3, 0.4) is 0 Å².